The Kier molecular flexibility index (Phi) is 3.56. The fraction of sp³-hybridized carbons (Fsp3) is 0.125. The molecule has 2 aromatic rings. The predicted octanol–water partition coefficient (Wildman–Crippen LogP) is 4.75. The highest BCUT2D eigenvalue weighted by Crippen LogP contribution is 2.16. The van der Waals surface area contributed by atoms with Gasteiger partial charge in [-0.05, 0) is 37.1 Å². The molecule has 2 aromatic carbocycles. The largest absolute Gasteiger partial charge is 0.206 e. The Morgan fingerprint density at radius 3 is 1.44 bits per heavy atom. The molecular formula is C16H14F2. The lowest BCUT2D eigenvalue weighted by atomic mass is 10.1. The van der Waals surface area contributed by atoms with Gasteiger partial charge in [0.25, 0.3) is 0 Å². The Balaban J connectivity index is 2.30. The van der Waals surface area contributed by atoms with Crippen LogP contribution in [0.2, 0.25) is 0 Å². The van der Waals surface area contributed by atoms with Crippen LogP contribution in [0.5, 0.6) is 0 Å². The Morgan fingerprint density at radius 1 is 0.722 bits per heavy atom. The average Bonchev–Trinajstić information content (AvgIpc) is 2.30. The minimum Gasteiger partial charge on any atom is -0.206 e. The predicted molar refractivity (Wildman–Crippen MR) is 71.2 cm³/mol. The van der Waals surface area contributed by atoms with Crippen LogP contribution >= 0.6 is 0 Å². The van der Waals surface area contributed by atoms with Crippen LogP contribution in [-0.4, -0.2) is 0 Å². The first kappa shape index (κ1) is 12.5. The lowest BCUT2D eigenvalue weighted by Gasteiger charge is -2.00. The van der Waals surface area contributed by atoms with Gasteiger partial charge in [-0.2, -0.15) is 0 Å². The minimum atomic E-state index is -0.293. The van der Waals surface area contributed by atoms with Gasteiger partial charge in [0.15, 0.2) is 0 Å². The van der Waals surface area contributed by atoms with Gasteiger partial charge < -0.3 is 0 Å². The molecule has 0 N–H and O–H groups in total. The van der Waals surface area contributed by atoms with Crippen LogP contribution in [-0.2, 0) is 0 Å². The summed E-state index contributed by atoms with van der Waals surface area (Å²) in [6, 6.07) is 9.96. The standard InChI is InChI=1S/C16H14F2/c1-11-3-5-13(15(17)9-11)7-8-14-6-4-12(2)10-16(14)18/h3-10H,1-2H3/b8-7+. The van der Waals surface area contributed by atoms with Crippen LogP contribution in [0.3, 0.4) is 0 Å². The topological polar surface area (TPSA) is 0 Å². The normalized spacial score (nSPS) is 11.1. The zero-order valence-corrected chi connectivity index (χ0v) is 10.4. The van der Waals surface area contributed by atoms with Crippen molar-refractivity contribution < 1.29 is 8.78 Å². The molecule has 18 heavy (non-hydrogen) atoms. The number of benzene rings is 2. The van der Waals surface area contributed by atoms with Crippen LogP contribution in [0.1, 0.15) is 22.3 Å². The lowest BCUT2D eigenvalue weighted by molar-refractivity contribution is 0.622. The molecule has 0 atom stereocenters. The van der Waals surface area contributed by atoms with E-state index >= 15 is 0 Å². The van der Waals surface area contributed by atoms with Gasteiger partial charge in [-0.3, -0.25) is 0 Å². The number of aryl methyl sites for hydroxylation is 2. The van der Waals surface area contributed by atoms with Crippen molar-refractivity contribution in [3.05, 3.63) is 70.3 Å². The molecule has 0 bridgehead atoms. The van der Waals surface area contributed by atoms with Crippen LogP contribution < -0.4 is 0 Å². The molecule has 0 nitrogen and oxygen atoms in total. The van der Waals surface area contributed by atoms with Gasteiger partial charge in [0.2, 0.25) is 0 Å². The monoisotopic (exact) mass is 244 g/mol. The maximum absolute atomic E-state index is 13.6. The van der Waals surface area contributed by atoms with E-state index in [1.807, 2.05) is 26.0 Å². The maximum atomic E-state index is 13.6. The van der Waals surface area contributed by atoms with Crippen molar-refractivity contribution in [1.29, 1.82) is 0 Å². The van der Waals surface area contributed by atoms with E-state index < -0.39 is 0 Å². The summed E-state index contributed by atoms with van der Waals surface area (Å²) in [7, 11) is 0. The van der Waals surface area contributed by atoms with Gasteiger partial charge in [0, 0.05) is 11.1 Å². The van der Waals surface area contributed by atoms with E-state index in [9.17, 15) is 8.78 Å². The fourth-order valence-corrected chi connectivity index (χ4v) is 1.71. The first-order valence-corrected chi connectivity index (χ1v) is 5.76. The average molecular weight is 244 g/mol. The summed E-state index contributed by atoms with van der Waals surface area (Å²) in [6.45, 7) is 3.66. The highest BCUT2D eigenvalue weighted by atomic mass is 19.1. The van der Waals surface area contributed by atoms with E-state index in [0.717, 1.165) is 11.1 Å². The van der Waals surface area contributed by atoms with Crippen LogP contribution in [0.25, 0.3) is 12.2 Å². The van der Waals surface area contributed by atoms with E-state index in [1.54, 1.807) is 24.3 Å². The summed E-state index contributed by atoms with van der Waals surface area (Å²) >= 11 is 0. The second kappa shape index (κ2) is 5.13. The molecule has 0 aliphatic carbocycles. The summed E-state index contributed by atoms with van der Waals surface area (Å²) in [4.78, 5) is 0. The first-order valence-electron chi connectivity index (χ1n) is 5.76. The second-order valence-corrected chi connectivity index (χ2v) is 4.38. The van der Waals surface area contributed by atoms with E-state index in [0.29, 0.717) is 11.1 Å². The molecule has 0 unspecified atom stereocenters. The molecule has 92 valence electrons. The molecule has 0 spiro atoms. The number of hydrogen-bond acceptors (Lipinski definition) is 0. The zero-order valence-electron chi connectivity index (χ0n) is 10.4. The van der Waals surface area contributed by atoms with Gasteiger partial charge in [-0.25, -0.2) is 8.78 Å². The van der Waals surface area contributed by atoms with Crippen LogP contribution in [0, 0.1) is 25.5 Å². The van der Waals surface area contributed by atoms with E-state index in [2.05, 4.69) is 0 Å². The molecule has 2 heteroatoms. The Bertz CT molecular complexity index is 545. The molecule has 0 aliphatic heterocycles. The molecule has 2 rings (SSSR count). The van der Waals surface area contributed by atoms with Crippen LogP contribution in [0.15, 0.2) is 36.4 Å². The number of halogens is 2. The van der Waals surface area contributed by atoms with Crippen molar-refractivity contribution in [3.8, 4) is 0 Å². The SMILES string of the molecule is Cc1ccc(/C=C/c2ccc(C)cc2F)c(F)c1. The zero-order chi connectivity index (χ0) is 13.1. The molecule has 0 heterocycles. The summed E-state index contributed by atoms with van der Waals surface area (Å²) in [5.41, 5.74) is 2.65. The Hall–Kier alpha value is -1.96. The summed E-state index contributed by atoms with van der Waals surface area (Å²) < 4.78 is 27.1. The quantitative estimate of drug-likeness (QED) is 0.668. The smallest absolute Gasteiger partial charge is 0.130 e. The molecule has 0 amide bonds. The lowest BCUT2D eigenvalue weighted by Crippen LogP contribution is -1.85. The minimum absolute atomic E-state index is 0.293. The molecular weight excluding hydrogens is 230 g/mol. The number of hydrogen-bond donors (Lipinski definition) is 0. The maximum Gasteiger partial charge on any atom is 0.130 e. The van der Waals surface area contributed by atoms with Crippen LogP contribution in [0.4, 0.5) is 8.78 Å². The number of rotatable bonds is 2. The third kappa shape index (κ3) is 2.83. The van der Waals surface area contributed by atoms with Crippen molar-refractivity contribution in [1.82, 2.24) is 0 Å². The van der Waals surface area contributed by atoms with Gasteiger partial charge in [0.05, 0.1) is 0 Å². The highest BCUT2D eigenvalue weighted by molar-refractivity contribution is 5.70. The van der Waals surface area contributed by atoms with E-state index in [4.69, 9.17) is 0 Å². The second-order valence-electron chi connectivity index (χ2n) is 4.38. The summed E-state index contributed by atoms with van der Waals surface area (Å²) in [5, 5.41) is 0. The van der Waals surface area contributed by atoms with E-state index in [1.165, 1.54) is 12.1 Å². The van der Waals surface area contributed by atoms with Crippen molar-refractivity contribution >= 4 is 12.2 Å². The summed E-state index contributed by atoms with van der Waals surface area (Å²) in [5.74, 6) is -0.586. The Labute approximate surface area is 106 Å². The first-order chi connectivity index (χ1) is 8.56. The third-order valence-electron chi connectivity index (χ3n) is 2.75. The van der Waals surface area contributed by atoms with Gasteiger partial charge in [0.1, 0.15) is 11.6 Å². The third-order valence-corrected chi connectivity index (χ3v) is 2.75. The van der Waals surface area contributed by atoms with Gasteiger partial charge in [-0.15, -0.1) is 0 Å². The van der Waals surface area contributed by atoms with Crippen molar-refractivity contribution in [2.24, 2.45) is 0 Å². The molecule has 0 radical (unpaired) electrons. The Morgan fingerprint density at radius 2 is 1.11 bits per heavy atom. The molecule has 0 aliphatic rings. The fourth-order valence-electron chi connectivity index (χ4n) is 1.71. The van der Waals surface area contributed by atoms with Crippen molar-refractivity contribution in [2.45, 2.75) is 13.8 Å². The van der Waals surface area contributed by atoms with Crippen molar-refractivity contribution in [2.75, 3.05) is 0 Å². The van der Waals surface area contributed by atoms with Crippen molar-refractivity contribution in [3.63, 3.8) is 0 Å². The molecule has 0 fully saturated rings. The summed E-state index contributed by atoms with van der Waals surface area (Å²) in [6.07, 6.45) is 3.17. The molecule has 0 saturated carbocycles. The molecule has 0 saturated heterocycles. The highest BCUT2D eigenvalue weighted by Gasteiger charge is 2.00. The molecule has 0 aromatic heterocycles. The van der Waals surface area contributed by atoms with E-state index in [-0.39, 0.29) is 11.6 Å². The van der Waals surface area contributed by atoms with Gasteiger partial charge >= 0.3 is 0 Å². The van der Waals surface area contributed by atoms with Gasteiger partial charge in [-0.1, -0.05) is 36.4 Å².